The van der Waals surface area contributed by atoms with Crippen LogP contribution in [0.25, 0.3) is 11.4 Å². The summed E-state index contributed by atoms with van der Waals surface area (Å²) >= 11 is 0. The second-order valence-electron chi connectivity index (χ2n) is 10.4. The lowest BCUT2D eigenvalue weighted by Gasteiger charge is -2.21. The lowest BCUT2D eigenvalue weighted by atomic mass is 10.0. The van der Waals surface area contributed by atoms with Gasteiger partial charge in [-0.05, 0) is 55.3 Å². The van der Waals surface area contributed by atoms with Gasteiger partial charge in [0, 0.05) is 62.7 Å². The molecule has 208 valence electrons. The van der Waals surface area contributed by atoms with Crippen molar-refractivity contribution in [3.05, 3.63) is 85.5 Å². The van der Waals surface area contributed by atoms with Crippen LogP contribution in [0.5, 0.6) is 0 Å². The van der Waals surface area contributed by atoms with Gasteiger partial charge in [0.1, 0.15) is 22.9 Å². The van der Waals surface area contributed by atoms with Crippen LogP contribution in [0.1, 0.15) is 10.4 Å². The van der Waals surface area contributed by atoms with Gasteiger partial charge >= 0.3 is 0 Å². The largest absolute Gasteiger partial charge is 0.371 e. The lowest BCUT2D eigenvalue weighted by molar-refractivity contribution is 0.0958. The first-order valence-corrected chi connectivity index (χ1v) is 13.6. The molecule has 11 nitrogen and oxygen atoms in total. The predicted molar refractivity (Wildman–Crippen MR) is 160 cm³/mol. The minimum Gasteiger partial charge on any atom is -0.371 e. The molecule has 6 rings (SSSR count). The minimum atomic E-state index is -0.324. The zero-order valence-corrected chi connectivity index (χ0v) is 22.9. The molecule has 2 aliphatic rings. The summed E-state index contributed by atoms with van der Waals surface area (Å²) in [4.78, 5) is 39.9. The highest BCUT2D eigenvalue weighted by Crippen LogP contribution is 2.34. The van der Waals surface area contributed by atoms with Crippen molar-refractivity contribution in [1.82, 2.24) is 35.1 Å². The van der Waals surface area contributed by atoms with Crippen LogP contribution in [0.2, 0.25) is 0 Å². The number of rotatable bonds is 9. The third kappa shape index (κ3) is 5.99. The van der Waals surface area contributed by atoms with E-state index in [4.69, 9.17) is 0 Å². The highest BCUT2D eigenvalue weighted by Gasteiger charge is 2.38. The Balaban J connectivity index is 1.21. The number of hydrogen-bond acceptors (Lipinski definition) is 10. The van der Waals surface area contributed by atoms with Crippen LogP contribution in [0.4, 0.5) is 29.0 Å². The van der Waals surface area contributed by atoms with Crippen molar-refractivity contribution in [3.63, 3.8) is 0 Å². The molecule has 1 amide bonds. The Hall–Kier alpha value is -4.90. The van der Waals surface area contributed by atoms with E-state index in [9.17, 15) is 4.79 Å². The Kier molecular flexibility index (Phi) is 7.50. The normalized spacial score (nSPS) is 18.1. The number of amides is 1. The maximum absolute atomic E-state index is 12.9. The summed E-state index contributed by atoms with van der Waals surface area (Å²) in [6.45, 7) is 8.54. The summed E-state index contributed by atoms with van der Waals surface area (Å²) in [6, 6.07) is 13.8. The van der Waals surface area contributed by atoms with Gasteiger partial charge in [0.05, 0.1) is 11.9 Å². The van der Waals surface area contributed by atoms with Crippen molar-refractivity contribution in [1.29, 1.82) is 0 Å². The third-order valence-electron chi connectivity index (χ3n) is 7.42. The Labute approximate surface area is 238 Å². The molecule has 0 aliphatic carbocycles. The van der Waals surface area contributed by atoms with Gasteiger partial charge in [0.15, 0.2) is 0 Å². The molecule has 2 atom stereocenters. The van der Waals surface area contributed by atoms with E-state index >= 15 is 0 Å². The molecule has 3 aromatic heterocycles. The van der Waals surface area contributed by atoms with Gasteiger partial charge in [0.25, 0.3) is 5.91 Å². The predicted octanol–water partition coefficient (Wildman–Crippen LogP) is 3.73. The van der Waals surface area contributed by atoms with Crippen molar-refractivity contribution in [2.45, 2.75) is 0 Å². The van der Waals surface area contributed by atoms with Gasteiger partial charge in [0.2, 0.25) is 5.95 Å². The summed E-state index contributed by atoms with van der Waals surface area (Å²) in [6.07, 6.45) is 7.98. The number of carbonyl (C=O) groups excluding carboxylic acids is 1. The maximum atomic E-state index is 12.9. The van der Waals surface area contributed by atoms with E-state index in [-0.39, 0.29) is 11.5 Å². The van der Waals surface area contributed by atoms with Crippen LogP contribution in [0, 0.1) is 11.8 Å². The number of pyridine rings is 1. The quantitative estimate of drug-likeness (QED) is 0.267. The molecule has 0 radical (unpaired) electrons. The number of nitrogens with zero attached hydrogens (tertiary/aromatic N) is 7. The highest BCUT2D eigenvalue weighted by molar-refractivity contribution is 5.99. The van der Waals surface area contributed by atoms with Gasteiger partial charge in [-0.25, -0.2) is 9.97 Å². The summed E-state index contributed by atoms with van der Waals surface area (Å²) < 4.78 is 0. The number of likely N-dealkylation sites (tertiary alicyclic amines) is 1. The van der Waals surface area contributed by atoms with Crippen molar-refractivity contribution in [2.24, 2.45) is 11.8 Å². The zero-order valence-electron chi connectivity index (χ0n) is 22.9. The van der Waals surface area contributed by atoms with Gasteiger partial charge in [-0.15, -0.1) is 6.58 Å². The first kappa shape index (κ1) is 26.3. The second kappa shape index (κ2) is 11.7. The number of hydrogen-bond donors (Lipinski definition) is 3. The Bertz CT molecular complexity index is 1510. The van der Waals surface area contributed by atoms with Crippen molar-refractivity contribution < 1.29 is 4.79 Å². The molecule has 1 aromatic carbocycles. The van der Waals surface area contributed by atoms with Crippen LogP contribution in [-0.2, 0) is 0 Å². The average Bonchev–Trinajstić information content (AvgIpc) is 3.55. The summed E-state index contributed by atoms with van der Waals surface area (Å²) in [5, 5.41) is 9.24. The van der Waals surface area contributed by atoms with E-state index < -0.39 is 0 Å². The monoisotopic (exact) mass is 548 g/mol. The number of nitrogens with one attached hydrogen (secondary N) is 3. The fourth-order valence-electron chi connectivity index (χ4n) is 5.49. The zero-order chi connectivity index (χ0) is 28.2. The Morgan fingerprint density at radius 1 is 0.951 bits per heavy atom. The van der Waals surface area contributed by atoms with Crippen molar-refractivity contribution >= 4 is 34.9 Å². The molecule has 11 heteroatoms. The molecule has 5 heterocycles. The fraction of sp³-hybridized carbons (Fsp3) is 0.267. The van der Waals surface area contributed by atoms with Gasteiger partial charge in [-0.1, -0.05) is 12.1 Å². The smallest absolute Gasteiger partial charge is 0.256 e. The Morgan fingerprint density at radius 3 is 2.49 bits per heavy atom. The SMILES string of the molecule is C=CCNC(=O)c1cnc(Nc2ccc(N3CC4CN(C)CC4C3)cc2)nc1Nc1cccc(-c2cnccn2)n1. The fourth-order valence-corrected chi connectivity index (χ4v) is 5.49. The van der Waals surface area contributed by atoms with Crippen LogP contribution in [-0.4, -0.2) is 75.5 Å². The van der Waals surface area contributed by atoms with Crippen molar-refractivity contribution in [3.8, 4) is 11.4 Å². The second-order valence-corrected chi connectivity index (χ2v) is 10.4. The maximum Gasteiger partial charge on any atom is 0.256 e. The molecule has 2 unspecified atom stereocenters. The van der Waals surface area contributed by atoms with Gasteiger partial charge in [-0.3, -0.25) is 14.8 Å². The van der Waals surface area contributed by atoms with E-state index in [1.807, 2.05) is 24.3 Å². The number of aromatic nitrogens is 5. The van der Waals surface area contributed by atoms with E-state index in [2.05, 4.69) is 76.4 Å². The standard InChI is InChI=1S/C30H32N10O/c1-3-11-33-29(41)24-14-34-30(38-28(24)37-27-6-4-5-25(36-27)26-15-31-12-13-32-26)35-22-7-9-23(10-8-22)40-18-20-16-39(2)17-21(20)19-40/h3-10,12-15,20-21H,1,11,16-19H2,2H3,(H,33,41)(H2,34,35,36,37,38). The summed E-state index contributed by atoms with van der Waals surface area (Å²) in [5.41, 5.74) is 3.63. The van der Waals surface area contributed by atoms with Crippen LogP contribution >= 0.6 is 0 Å². The number of fused-ring (bicyclic) bond motifs is 1. The first-order chi connectivity index (χ1) is 20.1. The molecule has 3 N–H and O–H groups in total. The highest BCUT2D eigenvalue weighted by atomic mass is 16.1. The number of anilines is 5. The molecule has 0 bridgehead atoms. The number of benzene rings is 1. The van der Waals surface area contributed by atoms with Gasteiger partial charge < -0.3 is 25.8 Å². The molecule has 2 aliphatic heterocycles. The van der Waals surface area contributed by atoms with E-state index in [1.165, 1.54) is 25.0 Å². The molecular formula is C30H32N10O. The van der Waals surface area contributed by atoms with Crippen LogP contribution in [0.3, 0.4) is 0 Å². The first-order valence-electron chi connectivity index (χ1n) is 13.6. The summed E-state index contributed by atoms with van der Waals surface area (Å²) in [5.74, 6) is 2.34. The van der Waals surface area contributed by atoms with E-state index in [1.54, 1.807) is 30.7 Å². The Morgan fingerprint density at radius 2 is 1.76 bits per heavy atom. The third-order valence-corrected chi connectivity index (χ3v) is 7.42. The van der Waals surface area contributed by atoms with E-state index in [0.29, 0.717) is 35.5 Å². The van der Waals surface area contributed by atoms with Gasteiger partial charge in [-0.2, -0.15) is 4.98 Å². The van der Waals surface area contributed by atoms with Crippen LogP contribution in [0.15, 0.2) is 79.9 Å². The average molecular weight is 549 g/mol. The molecule has 0 spiro atoms. The molecule has 4 aromatic rings. The van der Waals surface area contributed by atoms with Crippen molar-refractivity contribution in [2.75, 3.05) is 55.3 Å². The lowest BCUT2D eigenvalue weighted by Crippen LogP contribution is -2.26. The van der Waals surface area contributed by atoms with Crippen LogP contribution < -0.4 is 20.9 Å². The minimum absolute atomic E-state index is 0.282. The molecule has 2 saturated heterocycles. The summed E-state index contributed by atoms with van der Waals surface area (Å²) in [7, 11) is 2.21. The molecule has 0 saturated carbocycles. The molecular weight excluding hydrogens is 516 g/mol. The van der Waals surface area contributed by atoms with E-state index in [0.717, 1.165) is 30.6 Å². The topological polar surface area (TPSA) is 124 Å². The molecule has 41 heavy (non-hydrogen) atoms. The molecule has 2 fully saturated rings. The number of carbonyl (C=O) groups is 1.